The van der Waals surface area contributed by atoms with Crippen LogP contribution < -0.4 is 5.32 Å². The third-order valence-corrected chi connectivity index (χ3v) is 11.9. The van der Waals surface area contributed by atoms with Crippen LogP contribution in [-0.4, -0.2) is 98.7 Å². The molecule has 10 nitrogen and oxygen atoms in total. The lowest BCUT2D eigenvalue weighted by molar-refractivity contribution is -0.302. The third kappa shape index (κ3) is 29.5. The van der Waals surface area contributed by atoms with Gasteiger partial charge < -0.3 is 45.4 Å². The van der Waals surface area contributed by atoms with Crippen molar-refractivity contribution in [2.75, 3.05) is 13.2 Å². The number of ether oxygens (including phenoxy) is 2. The number of hydrogen-bond donors (Lipinski definition) is 7. The van der Waals surface area contributed by atoms with Crippen molar-refractivity contribution in [3.05, 3.63) is 24.3 Å². The lowest BCUT2D eigenvalue weighted by Gasteiger charge is -2.40. The molecule has 0 spiro atoms. The minimum absolute atomic E-state index is 0.258. The van der Waals surface area contributed by atoms with Crippen LogP contribution in [0.4, 0.5) is 0 Å². The fourth-order valence-electron chi connectivity index (χ4n) is 7.84. The number of rotatable bonds is 41. The van der Waals surface area contributed by atoms with Gasteiger partial charge in [-0.25, -0.2) is 0 Å². The molecule has 0 aromatic carbocycles. The Balaban J connectivity index is 2.32. The van der Waals surface area contributed by atoms with Crippen LogP contribution in [0.2, 0.25) is 0 Å². The molecule has 0 bridgehead atoms. The number of aliphatic hydroxyl groups is 6. The number of nitrogens with one attached hydrogen (secondary N) is 1. The normalized spacial score (nSPS) is 21.4. The smallest absolute Gasteiger partial charge is 0.249 e. The van der Waals surface area contributed by atoms with E-state index >= 15 is 0 Å². The zero-order valence-corrected chi connectivity index (χ0v) is 37.9. The van der Waals surface area contributed by atoms with E-state index in [4.69, 9.17) is 9.47 Å². The molecule has 0 aromatic rings. The molecule has 1 aliphatic heterocycles. The van der Waals surface area contributed by atoms with Gasteiger partial charge in [0.25, 0.3) is 0 Å². The molecule has 1 heterocycles. The van der Waals surface area contributed by atoms with E-state index in [1.54, 1.807) is 0 Å². The average molecular weight is 840 g/mol. The van der Waals surface area contributed by atoms with Crippen molar-refractivity contribution < 1.29 is 44.9 Å². The Kier molecular flexibility index (Phi) is 37.2. The summed E-state index contributed by atoms with van der Waals surface area (Å²) in [5, 5.41) is 64.8. The van der Waals surface area contributed by atoms with E-state index in [0.717, 1.165) is 70.6 Å². The maximum atomic E-state index is 13.1. The Hall–Kier alpha value is -1.37. The van der Waals surface area contributed by atoms with Crippen LogP contribution in [0, 0.1) is 0 Å². The van der Waals surface area contributed by atoms with Gasteiger partial charge in [0.1, 0.15) is 30.5 Å². The minimum atomic E-state index is -1.60. The van der Waals surface area contributed by atoms with Gasteiger partial charge in [-0.05, 0) is 44.9 Å². The highest BCUT2D eigenvalue weighted by Crippen LogP contribution is 2.23. The predicted octanol–water partition coefficient (Wildman–Crippen LogP) is 9.64. The van der Waals surface area contributed by atoms with Gasteiger partial charge in [-0.3, -0.25) is 4.79 Å². The summed E-state index contributed by atoms with van der Waals surface area (Å²) in [4.78, 5) is 13.1. The average Bonchev–Trinajstić information content (AvgIpc) is 3.23. The number of carbonyl (C=O) groups excluding carboxylic acids is 1. The second kappa shape index (κ2) is 39.5. The summed E-state index contributed by atoms with van der Waals surface area (Å²) in [6.07, 6.45) is 36.6. The first-order valence-corrected chi connectivity index (χ1v) is 24.6. The first-order valence-electron chi connectivity index (χ1n) is 24.6. The van der Waals surface area contributed by atoms with E-state index in [2.05, 4.69) is 43.5 Å². The van der Waals surface area contributed by atoms with Gasteiger partial charge in [0.05, 0.1) is 25.4 Å². The number of aliphatic hydroxyl groups excluding tert-OH is 6. The topological polar surface area (TPSA) is 169 Å². The van der Waals surface area contributed by atoms with Crippen LogP contribution in [0.25, 0.3) is 0 Å². The molecule has 0 aliphatic carbocycles. The highest BCUT2D eigenvalue weighted by molar-refractivity contribution is 5.80. The van der Waals surface area contributed by atoms with Gasteiger partial charge in [0, 0.05) is 0 Å². The predicted molar refractivity (Wildman–Crippen MR) is 241 cm³/mol. The molecule has 0 aromatic heterocycles. The van der Waals surface area contributed by atoms with Crippen LogP contribution in [-0.2, 0) is 14.3 Å². The molecule has 1 fully saturated rings. The number of carbonyl (C=O) groups is 1. The Morgan fingerprint density at radius 2 is 1.00 bits per heavy atom. The van der Waals surface area contributed by atoms with Crippen molar-refractivity contribution in [2.24, 2.45) is 0 Å². The van der Waals surface area contributed by atoms with E-state index in [9.17, 15) is 35.4 Å². The van der Waals surface area contributed by atoms with Crippen LogP contribution in [0.5, 0.6) is 0 Å². The summed E-state index contributed by atoms with van der Waals surface area (Å²) in [5.41, 5.74) is 0. The molecule has 1 amide bonds. The summed E-state index contributed by atoms with van der Waals surface area (Å²) < 4.78 is 11.2. The SMILES string of the molecule is CCCCCCCCCCC/C=C\C/C=C\CCCCCCCCC(O)C(=O)NC(COC1OC(CO)C(O)C(O)C1O)C(O)CCCCCCCCCCCCCC. The largest absolute Gasteiger partial charge is 0.394 e. The highest BCUT2D eigenvalue weighted by Gasteiger charge is 2.44. The zero-order valence-electron chi connectivity index (χ0n) is 37.9. The number of amides is 1. The van der Waals surface area contributed by atoms with E-state index in [1.165, 1.54) is 116 Å². The number of hydrogen-bond acceptors (Lipinski definition) is 9. The van der Waals surface area contributed by atoms with Crippen molar-refractivity contribution in [3.8, 4) is 0 Å². The Labute approximate surface area is 361 Å². The Morgan fingerprint density at radius 3 is 1.46 bits per heavy atom. The van der Waals surface area contributed by atoms with Crippen molar-refractivity contribution >= 4 is 5.91 Å². The van der Waals surface area contributed by atoms with E-state index in [-0.39, 0.29) is 6.61 Å². The molecular weight excluding hydrogens is 747 g/mol. The van der Waals surface area contributed by atoms with E-state index in [0.29, 0.717) is 19.3 Å². The summed E-state index contributed by atoms with van der Waals surface area (Å²) in [6.45, 7) is 3.66. The summed E-state index contributed by atoms with van der Waals surface area (Å²) in [7, 11) is 0. The monoisotopic (exact) mass is 840 g/mol. The first kappa shape index (κ1) is 55.6. The standard InChI is InChI=1S/C49H93NO9/c1-3-5-7-9-11-13-15-17-18-19-20-21-22-23-24-25-26-28-30-32-34-36-38-43(53)48(57)50-41(40-58-49-47(56)46(55)45(54)44(39-51)59-49)42(52)37-35-33-31-29-27-16-14-12-10-8-6-4-2/h20-21,23-24,41-47,49,51-56H,3-19,22,25-40H2,1-2H3,(H,50,57)/b21-20-,24-23-. The first-order chi connectivity index (χ1) is 28.8. The number of unbranched alkanes of at least 4 members (excludes halogenated alkanes) is 26. The molecule has 59 heavy (non-hydrogen) atoms. The molecule has 1 rings (SSSR count). The molecule has 1 aliphatic rings. The lowest BCUT2D eigenvalue weighted by Crippen LogP contribution is -2.60. The minimum Gasteiger partial charge on any atom is -0.394 e. The Bertz CT molecular complexity index is 995. The fourth-order valence-corrected chi connectivity index (χ4v) is 7.84. The van der Waals surface area contributed by atoms with Crippen LogP contribution in [0.15, 0.2) is 24.3 Å². The molecular formula is C49H93NO9. The van der Waals surface area contributed by atoms with Crippen molar-refractivity contribution in [2.45, 2.75) is 268 Å². The van der Waals surface area contributed by atoms with Gasteiger partial charge in [0.15, 0.2) is 6.29 Å². The summed E-state index contributed by atoms with van der Waals surface area (Å²) in [6, 6.07) is -0.896. The van der Waals surface area contributed by atoms with Gasteiger partial charge >= 0.3 is 0 Å². The molecule has 1 saturated heterocycles. The maximum Gasteiger partial charge on any atom is 0.249 e. The molecule has 7 N–H and O–H groups in total. The number of allylic oxidation sites excluding steroid dienone is 4. The maximum absolute atomic E-state index is 13.1. The van der Waals surface area contributed by atoms with Gasteiger partial charge in [-0.2, -0.15) is 0 Å². The van der Waals surface area contributed by atoms with Crippen LogP contribution in [0.1, 0.15) is 219 Å². The van der Waals surface area contributed by atoms with Crippen LogP contribution >= 0.6 is 0 Å². The van der Waals surface area contributed by atoms with Gasteiger partial charge in [-0.15, -0.1) is 0 Å². The zero-order chi connectivity index (χ0) is 43.2. The molecule has 8 atom stereocenters. The fraction of sp³-hybridized carbons (Fsp3) is 0.898. The van der Waals surface area contributed by atoms with Crippen molar-refractivity contribution in [3.63, 3.8) is 0 Å². The van der Waals surface area contributed by atoms with E-state index < -0.39 is 61.5 Å². The molecule has 0 saturated carbocycles. The van der Waals surface area contributed by atoms with Crippen molar-refractivity contribution in [1.82, 2.24) is 5.32 Å². The van der Waals surface area contributed by atoms with Crippen molar-refractivity contribution in [1.29, 1.82) is 0 Å². The summed E-state index contributed by atoms with van der Waals surface area (Å²) in [5.74, 6) is -0.591. The molecule has 8 unspecified atom stereocenters. The Morgan fingerprint density at radius 1 is 0.576 bits per heavy atom. The van der Waals surface area contributed by atoms with Gasteiger partial charge in [-0.1, -0.05) is 199 Å². The third-order valence-electron chi connectivity index (χ3n) is 11.9. The lowest BCUT2D eigenvalue weighted by atomic mass is 9.99. The molecule has 10 heteroatoms. The molecule has 0 radical (unpaired) electrons. The quantitative estimate of drug-likeness (QED) is 0.0234. The highest BCUT2D eigenvalue weighted by atomic mass is 16.7. The van der Waals surface area contributed by atoms with E-state index in [1.807, 2.05) is 0 Å². The van der Waals surface area contributed by atoms with Crippen LogP contribution in [0.3, 0.4) is 0 Å². The second-order valence-electron chi connectivity index (χ2n) is 17.4. The van der Waals surface area contributed by atoms with Gasteiger partial charge in [0.2, 0.25) is 5.91 Å². The molecule has 348 valence electrons. The summed E-state index contributed by atoms with van der Waals surface area (Å²) >= 11 is 0. The second-order valence-corrected chi connectivity index (χ2v) is 17.4.